The first-order valence-corrected chi connectivity index (χ1v) is 8.82. The Morgan fingerprint density at radius 3 is 2.48 bits per heavy atom. The summed E-state index contributed by atoms with van der Waals surface area (Å²) in [6.45, 7) is 2.25. The van der Waals surface area contributed by atoms with Crippen LogP contribution in [0, 0.1) is 3.57 Å². The van der Waals surface area contributed by atoms with Crippen LogP contribution in [0.5, 0.6) is 5.75 Å². The van der Waals surface area contributed by atoms with Crippen molar-refractivity contribution >= 4 is 39.9 Å². The second-order valence-electron chi connectivity index (χ2n) is 5.51. The second-order valence-corrected chi connectivity index (χ2v) is 6.67. The number of ether oxygens (including phenoxy) is 1. The van der Waals surface area contributed by atoms with Gasteiger partial charge in [0.15, 0.2) is 6.61 Å². The van der Waals surface area contributed by atoms with Crippen molar-refractivity contribution in [3.05, 3.63) is 52.1 Å². The number of nitrogens with zero attached hydrogens (tertiary/aromatic N) is 1. The maximum Gasteiger partial charge on any atom is 0.262 e. The topological polar surface area (TPSA) is 41.6 Å². The molecule has 2 aromatic carbocycles. The number of nitrogens with one attached hydrogen (secondary N) is 1. The molecule has 3 rings (SSSR count). The normalized spacial score (nSPS) is 13.9. The molecular weight excluding hydrogens is 403 g/mol. The minimum atomic E-state index is -0.154. The van der Waals surface area contributed by atoms with E-state index in [0.717, 1.165) is 28.1 Å². The highest BCUT2D eigenvalue weighted by Gasteiger charge is 2.12. The molecule has 0 atom stereocenters. The Morgan fingerprint density at radius 1 is 1.09 bits per heavy atom. The van der Waals surface area contributed by atoms with E-state index >= 15 is 0 Å². The van der Waals surface area contributed by atoms with Gasteiger partial charge in [0.2, 0.25) is 0 Å². The third-order valence-electron chi connectivity index (χ3n) is 3.82. The van der Waals surface area contributed by atoms with E-state index in [1.54, 1.807) is 0 Å². The fourth-order valence-electron chi connectivity index (χ4n) is 2.63. The van der Waals surface area contributed by atoms with Crippen LogP contribution in [-0.2, 0) is 4.79 Å². The third-order valence-corrected chi connectivity index (χ3v) is 4.71. The first-order chi connectivity index (χ1) is 11.2. The second kappa shape index (κ2) is 7.68. The Labute approximate surface area is 150 Å². The van der Waals surface area contributed by atoms with Crippen molar-refractivity contribution in [2.45, 2.75) is 12.8 Å². The molecule has 1 amide bonds. The summed E-state index contributed by atoms with van der Waals surface area (Å²) in [5.74, 6) is 0.575. The number of benzene rings is 2. The number of hydrogen-bond acceptors (Lipinski definition) is 3. The highest BCUT2D eigenvalue weighted by Crippen LogP contribution is 2.22. The van der Waals surface area contributed by atoms with Gasteiger partial charge < -0.3 is 15.0 Å². The maximum atomic E-state index is 12.0. The van der Waals surface area contributed by atoms with Gasteiger partial charge in [-0.1, -0.05) is 12.1 Å². The van der Waals surface area contributed by atoms with Gasteiger partial charge in [-0.2, -0.15) is 0 Å². The Balaban J connectivity index is 1.52. The smallest absolute Gasteiger partial charge is 0.262 e. The van der Waals surface area contributed by atoms with Crippen LogP contribution in [-0.4, -0.2) is 25.6 Å². The first-order valence-electron chi connectivity index (χ1n) is 7.74. The maximum absolute atomic E-state index is 12.0. The van der Waals surface area contributed by atoms with Gasteiger partial charge in [-0.05, 0) is 71.8 Å². The molecule has 2 aromatic rings. The summed E-state index contributed by atoms with van der Waals surface area (Å²) in [7, 11) is 0. The van der Waals surface area contributed by atoms with E-state index in [-0.39, 0.29) is 12.5 Å². The van der Waals surface area contributed by atoms with Crippen LogP contribution in [0.15, 0.2) is 48.5 Å². The van der Waals surface area contributed by atoms with Crippen molar-refractivity contribution in [2.24, 2.45) is 0 Å². The van der Waals surface area contributed by atoms with E-state index in [4.69, 9.17) is 4.74 Å². The Kier molecular flexibility index (Phi) is 5.38. The van der Waals surface area contributed by atoms with Crippen molar-refractivity contribution in [3.8, 4) is 5.75 Å². The van der Waals surface area contributed by atoms with Crippen LogP contribution in [0.4, 0.5) is 11.4 Å². The molecule has 0 saturated carbocycles. The van der Waals surface area contributed by atoms with Gasteiger partial charge in [-0.15, -0.1) is 0 Å². The monoisotopic (exact) mass is 422 g/mol. The van der Waals surface area contributed by atoms with E-state index in [9.17, 15) is 4.79 Å². The van der Waals surface area contributed by atoms with Crippen LogP contribution >= 0.6 is 22.6 Å². The van der Waals surface area contributed by atoms with E-state index in [0.29, 0.717) is 0 Å². The summed E-state index contributed by atoms with van der Waals surface area (Å²) in [4.78, 5) is 14.4. The van der Waals surface area contributed by atoms with E-state index in [1.165, 1.54) is 18.5 Å². The van der Waals surface area contributed by atoms with Crippen molar-refractivity contribution in [1.29, 1.82) is 0 Å². The van der Waals surface area contributed by atoms with Crippen molar-refractivity contribution in [3.63, 3.8) is 0 Å². The van der Waals surface area contributed by atoms with E-state index < -0.39 is 0 Å². The molecule has 1 heterocycles. The number of rotatable bonds is 5. The molecule has 0 aromatic heterocycles. The van der Waals surface area contributed by atoms with Gasteiger partial charge in [0.05, 0.1) is 3.57 Å². The predicted molar refractivity (Wildman–Crippen MR) is 101 cm³/mol. The van der Waals surface area contributed by atoms with Crippen LogP contribution in [0.3, 0.4) is 0 Å². The molecule has 1 saturated heterocycles. The van der Waals surface area contributed by atoms with E-state index in [2.05, 4.69) is 44.9 Å². The number of carbonyl (C=O) groups excluding carboxylic acids is 1. The summed E-state index contributed by atoms with van der Waals surface area (Å²) in [6, 6.07) is 15.6. The standard InChI is InChI=1S/C18H19IN2O2/c19-16-5-1-2-6-17(16)23-13-18(22)20-14-7-9-15(10-8-14)21-11-3-4-12-21/h1-2,5-10H,3-4,11-13H2,(H,20,22). The average molecular weight is 422 g/mol. The SMILES string of the molecule is O=C(COc1ccccc1I)Nc1ccc(N2CCCC2)cc1. The molecule has 0 radical (unpaired) electrons. The van der Waals surface area contributed by atoms with Gasteiger partial charge in [-0.3, -0.25) is 4.79 Å². The summed E-state index contributed by atoms with van der Waals surface area (Å²) >= 11 is 2.19. The third kappa shape index (κ3) is 4.37. The molecular formula is C18H19IN2O2. The summed E-state index contributed by atoms with van der Waals surface area (Å²) in [6.07, 6.45) is 2.52. The van der Waals surface area contributed by atoms with Gasteiger partial charge >= 0.3 is 0 Å². The Bertz CT molecular complexity index is 667. The van der Waals surface area contributed by atoms with Crippen molar-refractivity contribution in [2.75, 3.05) is 29.9 Å². The number of halogens is 1. The molecule has 23 heavy (non-hydrogen) atoms. The molecule has 0 spiro atoms. The van der Waals surface area contributed by atoms with Gasteiger partial charge in [0.25, 0.3) is 5.91 Å². The van der Waals surface area contributed by atoms with Crippen LogP contribution in [0.25, 0.3) is 0 Å². The highest BCUT2D eigenvalue weighted by atomic mass is 127. The number of hydrogen-bond donors (Lipinski definition) is 1. The average Bonchev–Trinajstić information content (AvgIpc) is 3.09. The lowest BCUT2D eigenvalue weighted by Crippen LogP contribution is -2.21. The summed E-state index contributed by atoms with van der Waals surface area (Å²) in [5.41, 5.74) is 2.01. The summed E-state index contributed by atoms with van der Waals surface area (Å²) in [5, 5.41) is 2.86. The van der Waals surface area contributed by atoms with Crippen LogP contribution < -0.4 is 15.0 Å². The molecule has 4 nitrogen and oxygen atoms in total. The molecule has 0 unspecified atom stereocenters. The van der Waals surface area contributed by atoms with Crippen molar-refractivity contribution in [1.82, 2.24) is 0 Å². The number of para-hydroxylation sites is 1. The lowest BCUT2D eigenvalue weighted by Gasteiger charge is -2.17. The van der Waals surface area contributed by atoms with Gasteiger partial charge in [0, 0.05) is 24.5 Å². The number of carbonyl (C=O) groups is 1. The van der Waals surface area contributed by atoms with Crippen LogP contribution in [0.2, 0.25) is 0 Å². The number of anilines is 2. The number of amides is 1. The van der Waals surface area contributed by atoms with E-state index in [1.807, 2.05) is 36.4 Å². The lowest BCUT2D eigenvalue weighted by atomic mass is 10.2. The minimum absolute atomic E-state index is 0.00783. The predicted octanol–water partition coefficient (Wildman–Crippen LogP) is 3.91. The zero-order valence-corrected chi connectivity index (χ0v) is 15.0. The first kappa shape index (κ1) is 16.1. The molecule has 120 valence electrons. The molecule has 1 aliphatic rings. The van der Waals surface area contributed by atoms with Crippen molar-refractivity contribution < 1.29 is 9.53 Å². The highest BCUT2D eigenvalue weighted by molar-refractivity contribution is 14.1. The Hall–Kier alpha value is -1.76. The molecule has 5 heteroatoms. The zero-order valence-electron chi connectivity index (χ0n) is 12.8. The molecule has 1 N–H and O–H groups in total. The molecule has 1 fully saturated rings. The lowest BCUT2D eigenvalue weighted by molar-refractivity contribution is -0.118. The Morgan fingerprint density at radius 2 is 1.78 bits per heavy atom. The van der Waals surface area contributed by atoms with Crippen LogP contribution in [0.1, 0.15) is 12.8 Å². The summed E-state index contributed by atoms with van der Waals surface area (Å²) < 4.78 is 6.54. The fraction of sp³-hybridized carbons (Fsp3) is 0.278. The zero-order chi connectivity index (χ0) is 16.1. The largest absolute Gasteiger partial charge is 0.483 e. The fourth-order valence-corrected chi connectivity index (χ4v) is 3.18. The van der Waals surface area contributed by atoms with Gasteiger partial charge in [0.1, 0.15) is 5.75 Å². The van der Waals surface area contributed by atoms with Gasteiger partial charge in [-0.25, -0.2) is 0 Å². The molecule has 1 aliphatic heterocycles. The minimum Gasteiger partial charge on any atom is -0.483 e. The molecule has 0 aliphatic carbocycles. The quantitative estimate of drug-likeness (QED) is 0.744. The molecule has 0 bridgehead atoms.